The van der Waals surface area contributed by atoms with Gasteiger partial charge in [0.2, 0.25) is 0 Å². The van der Waals surface area contributed by atoms with Gasteiger partial charge in [-0.3, -0.25) is 0 Å². The first kappa shape index (κ1) is 77.4. The van der Waals surface area contributed by atoms with E-state index >= 15 is 0 Å². The molecule has 0 fully saturated rings. The summed E-state index contributed by atoms with van der Waals surface area (Å²) in [6.07, 6.45) is 0. The van der Waals surface area contributed by atoms with Crippen LogP contribution in [0.1, 0.15) is 25.0 Å². The van der Waals surface area contributed by atoms with Crippen molar-refractivity contribution in [2.24, 2.45) is 0 Å². The Morgan fingerprint density at radius 3 is 0.848 bits per heavy atom. The Kier molecular flexibility index (Phi) is 16.8. The second-order valence-corrected chi connectivity index (χ2v) is 37.1. The smallest absolute Gasteiger partial charge is 0.145 e. The summed E-state index contributed by atoms with van der Waals surface area (Å²) in [5.74, 6) is 0. The molecule has 9 heterocycles. The monoisotopic (exact) mass is 1770 g/mol. The Bertz CT molecular complexity index is 10300. The zero-order chi connectivity index (χ0) is 90.7. The van der Waals surface area contributed by atoms with E-state index < -0.39 is 0 Å². The Morgan fingerprint density at radius 1 is 0.159 bits per heavy atom. The van der Waals surface area contributed by atoms with Crippen LogP contribution in [-0.4, -0.2) is 13.7 Å². The van der Waals surface area contributed by atoms with E-state index in [1.54, 1.807) is 0 Å². The van der Waals surface area contributed by atoms with E-state index in [4.69, 9.17) is 26.5 Å². The molecule has 0 bridgehead atoms. The Morgan fingerprint density at radius 2 is 0.435 bits per heavy atom. The molecule has 0 aliphatic heterocycles. The first-order chi connectivity index (χ1) is 68.2. The number of benzene rings is 21. The minimum absolute atomic E-state index is 0.191. The van der Waals surface area contributed by atoms with Crippen LogP contribution in [0.15, 0.2) is 469 Å². The van der Waals surface area contributed by atoms with Crippen LogP contribution >= 0.6 is 0 Å². The number of nitrogens with zero attached hydrogens (tertiary/aromatic N) is 3. The first-order valence-corrected chi connectivity index (χ1v) is 47.1. The fraction of sp³-hybridized carbons (Fsp3) is 0.0233. The topological polar surface area (TPSA) is 93.6 Å². The van der Waals surface area contributed by atoms with Gasteiger partial charge in [0.1, 0.15) is 67.0 Å². The van der Waals surface area contributed by atoms with Crippen molar-refractivity contribution in [3.63, 3.8) is 0 Å². The van der Waals surface area contributed by atoms with Gasteiger partial charge in [-0.15, -0.1) is 0 Å². The van der Waals surface area contributed by atoms with E-state index in [0.29, 0.717) is 0 Å². The summed E-state index contributed by atoms with van der Waals surface area (Å²) in [6, 6.07) is 157. The minimum atomic E-state index is -0.191. The van der Waals surface area contributed by atoms with Crippen LogP contribution in [0.2, 0.25) is 0 Å². The molecule has 21 aromatic carbocycles. The Balaban J connectivity index is 0.0000000999. The van der Waals surface area contributed by atoms with Crippen LogP contribution in [0.4, 0.5) is 0 Å². The zero-order valence-corrected chi connectivity index (χ0v) is 74.9. The van der Waals surface area contributed by atoms with Crippen molar-refractivity contribution in [3.8, 4) is 83.8 Å². The Hall–Kier alpha value is -18.2. The molecular formula is C129H79N3O6. The number of fused-ring (bicyclic) bond motifs is 33. The van der Waals surface area contributed by atoms with Gasteiger partial charge in [-0.2, -0.15) is 0 Å². The summed E-state index contributed by atoms with van der Waals surface area (Å²) in [6.45, 7) is 4.72. The lowest BCUT2D eigenvalue weighted by atomic mass is 9.81. The summed E-state index contributed by atoms with van der Waals surface area (Å²) in [5, 5.41) is 20.9. The van der Waals surface area contributed by atoms with Crippen molar-refractivity contribution >= 4 is 197 Å². The zero-order valence-electron chi connectivity index (χ0n) is 74.9. The van der Waals surface area contributed by atoms with Crippen molar-refractivity contribution in [2.75, 3.05) is 0 Å². The maximum atomic E-state index is 6.54. The predicted molar refractivity (Wildman–Crippen MR) is 571 cm³/mol. The highest BCUT2D eigenvalue weighted by Gasteiger charge is 2.37. The standard InChI is InChI=1S/C45H29NO2.2C42H25NO2/c1-45(2)36-24-26(28-13-9-14-33-31-10-4-7-16-40(31)47-43(28)33)18-20-29(36)30-21-19-27(25-37(30)45)46-38-15-6-3-12-35(38)42-39(46)23-22-34-32-11-5-8-17-41(32)48-44(34)42;1-4-10-36-34(9-1)41-37(23-22-33-31-7-2-6-12-39(31)45-42(33)41)43(36)30-20-17-27(18-21-30)26-13-15-28(16-14-26)29-19-24-40-35(25-29)32-8-3-5-11-38(32)44-40;1-4-13-36-35(10-1)40-37(25-24-34-32-9-3-6-15-39(32)45-42(34)40)43(36)29-22-20-27(21-23-29)26-16-18-28(19-17-26)30-11-7-12-33-31-8-2-5-14-38(31)44-41(30)33/h3-25H,1-2H3;2*1-25H. The second kappa shape index (κ2) is 29.9. The van der Waals surface area contributed by atoms with Gasteiger partial charge < -0.3 is 40.2 Å². The highest BCUT2D eigenvalue weighted by Crippen LogP contribution is 2.53. The third-order valence-electron chi connectivity index (χ3n) is 29.3. The highest BCUT2D eigenvalue weighted by atomic mass is 16.3. The minimum Gasteiger partial charge on any atom is -0.456 e. The molecule has 138 heavy (non-hydrogen) atoms. The molecule has 31 rings (SSSR count). The fourth-order valence-corrected chi connectivity index (χ4v) is 22.7. The molecule has 646 valence electrons. The fourth-order valence-electron chi connectivity index (χ4n) is 22.7. The van der Waals surface area contributed by atoms with E-state index in [9.17, 15) is 0 Å². The van der Waals surface area contributed by atoms with Gasteiger partial charge in [0.05, 0.1) is 49.3 Å². The number of rotatable bonds is 8. The van der Waals surface area contributed by atoms with E-state index in [0.717, 1.165) is 204 Å². The highest BCUT2D eigenvalue weighted by molar-refractivity contribution is 6.27. The molecule has 1 aliphatic carbocycles. The third kappa shape index (κ3) is 11.7. The van der Waals surface area contributed by atoms with Crippen molar-refractivity contribution in [1.82, 2.24) is 13.7 Å². The lowest BCUT2D eigenvalue weighted by Crippen LogP contribution is -2.15. The van der Waals surface area contributed by atoms with Crippen molar-refractivity contribution in [3.05, 3.63) is 454 Å². The summed E-state index contributed by atoms with van der Waals surface area (Å²) < 4.78 is 45.3. The quantitative estimate of drug-likeness (QED) is 0.150. The van der Waals surface area contributed by atoms with Crippen molar-refractivity contribution < 1.29 is 26.5 Å². The van der Waals surface area contributed by atoms with Gasteiger partial charge in [0, 0.05) is 114 Å². The van der Waals surface area contributed by atoms with Crippen LogP contribution in [0.3, 0.4) is 0 Å². The predicted octanol–water partition coefficient (Wildman–Crippen LogP) is 36.4. The summed E-state index contributed by atoms with van der Waals surface area (Å²) >= 11 is 0. The van der Waals surface area contributed by atoms with Crippen LogP contribution in [-0.2, 0) is 5.41 Å². The molecule has 0 N–H and O–H groups in total. The van der Waals surface area contributed by atoms with E-state index in [1.807, 2.05) is 60.7 Å². The summed E-state index contributed by atoms with van der Waals surface area (Å²) in [7, 11) is 0. The van der Waals surface area contributed by atoms with E-state index in [-0.39, 0.29) is 5.41 Å². The molecule has 9 nitrogen and oxygen atoms in total. The van der Waals surface area contributed by atoms with Gasteiger partial charge in [-0.05, 0) is 212 Å². The molecule has 30 aromatic rings. The molecule has 0 unspecified atom stereocenters. The lowest BCUT2D eigenvalue weighted by Gasteiger charge is -2.23. The second-order valence-electron chi connectivity index (χ2n) is 37.1. The average Bonchev–Trinajstić information content (AvgIpc) is 1.57. The molecule has 0 saturated carbocycles. The molecule has 1 aliphatic rings. The van der Waals surface area contributed by atoms with E-state index in [2.05, 4.69) is 410 Å². The number of hydrogen-bond donors (Lipinski definition) is 0. The van der Waals surface area contributed by atoms with Crippen LogP contribution < -0.4 is 0 Å². The largest absolute Gasteiger partial charge is 0.456 e. The average molecular weight is 1770 g/mol. The van der Waals surface area contributed by atoms with Crippen molar-refractivity contribution in [1.29, 1.82) is 0 Å². The molecule has 0 atom stereocenters. The van der Waals surface area contributed by atoms with Crippen LogP contribution in [0.5, 0.6) is 0 Å². The van der Waals surface area contributed by atoms with Gasteiger partial charge >= 0.3 is 0 Å². The van der Waals surface area contributed by atoms with Gasteiger partial charge in [-0.25, -0.2) is 0 Å². The molecule has 9 aromatic heterocycles. The van der Waals surface area contributed by atoms with Crippen LogP contribution in [0.25, 0.3) is 281 Å². The maximum absolute atomic E-state index is 6.54. The number of hydrogen-bond acceptors (Lipinski definition) is 6. The molecule has 0 radical (unpaired) electrons. The van der Waals surface area contributed by atoms with Crippen molar-refractivity contribution in [2.45, 2.75) is 19.3 Å². The van der Waals surface area contributed by atoms with Gasteiger partial charge in [0.25, 0.3) is 0 Å². The number of furan rings is 6. The van der Waals surface area contributed by atoms with Crippen LogP contribution in [0, 0.1) is 0 Å². The summed E-state index contributed by atoms with van der Waals surface area (Å²) in [5.41, 5.74) is 38.2. The maximum Gasteiger partial charge on any atom is 0.145 e. The SMILES string of the molecule is CC1(C)c2cc(-c3cccc4c3oc3ccccc34)ccc2-c2ccc(-n3c4ccccc4c4c5oc6ccccc6c5ccc43)cc21.c1ccc2c(c1)oc1c(-c3ccc(-c4ccc(-n5c6ccccc6c6c7oc8ccccc8c7ccc65)cc4)cc3)cccc12.c1ccc2c(c1)oc1ccc(-c3ccc(-c4ccc(-n5c6ccccc6c6c7oc8ccccc8c7ccc65)cc4)cc3)cc12. The normalized spacial score (nSPS) is 12.6. The molecule has 0 saturated heterocycles. The number of para-hydroxylation sites is 11. The molecule has 9 heteroatoms. The van der Waals surface area contributed by atoms with Gasteiger partial charge in [0.15, 0.2) is 0 Å². The number of aromatic nitrogens is 3. The molecule has 0 spiro atoms. The lowest BCUT2D eigenvalue weighted by molar-refractivity contribution is 0.659. The Labute approximate surface area is 788 Å². The van der Waals surface area contributed by atoms with E-state index in [1.165, 1.54) is 88.4 Å². The third-order valence-corrected chi connectivity index (χ3v) is 29.3. The first-order valence-electron chi connectivity index (χ1n) is 47.1. The van der Waals surface area contributed by atoms with Gasteiger partial charge in [-0.1, -0.05) is 311 Å². The molecule has 0 amide bonds. The summed E-state index contributed by atoms with van der Waals surface area (Å²) in [4.78, 5) is 0. The molecular weight excluding hydrogens is 1690 g/mol.